The van der Waals surface area contributed by atoms with Crippen LogP contribution < -0.4 is 0 Å². The van der Waals surface area contributed by atoms with Crippen molar-refractivity contribution in [1.29, 1.82) is 0 Å². The quantitative estimate of drug-likeness (QED) is 0.212. The molecule has 1 aromatic carbocycles. The Morgan fingerprint density at radius 2 is 1.96 bits per heavy atom. The first-order valence-electron chi connectivity index (χ1n) is 10.4. The number of aliphatic carboxylic acids is 1. The number of hydrogen-bond acceptors (Lipinski definition) is 3. The van der Waals surface area contributed by atoms with Gasteiger partial charge in [-0.05, 0) is 0 Å². The zero-order valence-electron chi connectivity index (χ0n) is 16.3. The second kappa shape index (κ2) is 10.4. The van der Waals surface area contributed by atoms with E-state index >= 15 is 0 Å². The summed E-state index contributed by atoms with van der Waals surface area (Å²) in [6, 6.07) is 5.30. The number of benzene rings is 1. The SMILES string of the molecule is O=C(O)C(CCCCB(O)O)C1CCI(C2CCCc3ccc(F)cc32)CC1. The van der Waals surface area contributed by atoms with E-state index in [9.17, 15) is 14.3 Å². The summed E-state index contributed by atoms with van der Waals surface area (Å²) in [6.45, 7) is 0. The molecule has 1 fully saturated rings. The molecule has 2 unspecified atom stereocenters. The average molecular weight is 504 g/mol. The second-order valence-corrected chi connectivity index (χ2v) is 14.6. The Kier molecular flexibility index (Phi) is 8.17. The molecule has 0 aromatic heterocycles. The third kappa shape index (κ3) is 5.69. The molecule has 4 nitrogen and oxygen atoms in total. The van der Waals surface area contributed by atoms with Crippen LogP contribution in [0.3, 0.4) is 0 Å². The molecular formula is C21H31BFIO4. The van der Waals surface area contributed by atoms with Crippen molar-refractivity contribution in [3.8, 4) is 0 Å². The molecule has 0 bridgehead atoms. The summed E-state index contributed by atoms with van der Waals surface area (Å²) in [5.41, 5.74) is 2.58. The fourth-order valence-electron chi connectivity index (χ4n) is 4.75. The first kappa shape index (κ1) is 22.0. The number of carboxylic acids is 1. The first-order valence-corrected chi connectivity index (χ1v) is 14.7. The van der Waals surface area contributed by atoms with E-state index in [0.717, 1.165) is 25.7 Å². The zero-order valence-corrected chi connectivity index (χ0v) is 18.5. The van der Waals surface area contributed by atoms with Gasteiger partial charge in [0.2, 0.25) is 0 Å². The van der Waals surface area contributed by atoms with E-state index in [2.05, 4.69) is 0 Å². The number of fused-ring (bicyclic) bond motifs is 1. The van der Waals surface area contributed by atoms with Crippen LogP contribution in [0.5, 0.6) is 0 Å². The number of carbonyl (C=O) groups is 1. The van der Waals surface area contributed by atoms with Gasteiger partial charge in [0.05, 0.1) is 0 Å². The Morgan fingerprint density at radius 1 is 1.21 bits per heavy atom. The predicted octanol–water partition coefficient (Wildman–Crippen LogP) is 4.46. The number of aryl methyl sites for hydroxylation is 1. The predicted molar refractivity (Wildman–Crippen MR) is 119 cm³/mol. The molecule has 2 aliphatic rings. The van der Waals surface area contributed by atoms with Crippen LogP contribution in [0.4, 0.5) is 4.39 Å². The molecule has 1 aliphatic heterocycles. The van der Waals surface area contributed by atoms with Gasteiger partial charge in [-0.1, -0.05) is 0 Å². The molecule has 3 rings (SSSR count). The minimum absolute atomic E-state index is 0.129. The molecule has 7 heteroatoms. The molecule has 0 amide bonds. The van der Waals surface area contributed by atoms with Gasteiger partial charge in [0.1, 0.15) is 0 Å². The van der Waals surface area contributed by atoms with E-state index in [-0.39, 0.29) is 17.7 Å². The van der Waals surface area contributed by atoms with Crippen molar-refractivity contribution in [3.63, 3.8) is 0 Å². The maximum atomic E-state index is 13.8. The van der Waals surface area contributed by atoms with E-state index in [4.69, 9.17) is 10.0 Å². The maximum absolute atomic E-state index is 13.8. The Hall–Kier alpha value is -0.665. The zero-order chi connectivity index (χ0) is 20.1. The van der Waals surface area contributed by atoms with Gasteiger partial charge in [0.25, 0.3) is 0 Å². The second-order valence-electron chi connectivity index (χ2n) is 8.13. The van der Waals surface area contributed by atoms with Crippen LogP contribution in [0.2, 0.25) is 6.32 Å². The van der Waals surface area contributed by atoms with E-state index in [0.29, 0.717) is 23.1 Å². The molecule has 28 heavy (non-hydrogen) atoms. The van der Waals surface area contributed by atoms with Crippen LogP contribution in [-0.2, 0) is 11.2 Å². The van der Waals surface area contributed by atoms with E-state index in [1.54, 1.807) is 12.1 Å². The number of rotatable bonds is 8. The van der Waals surface area contributed by atoms with Crippen molar-refractivity contribution in [1.82, 2.24) is 0 Å². The van der Waals surface area contributed by atoms with Crippen molar-refractivity contribution >= 4 is 32.9 Å². The van der Waals surface area contributed by atoms with Crippen LogP contribution in [-0.4, -0.2) is 37.1 Å². The molecule has 1 saturated heterocycles. The Balaban J connectivity index is 1.56. The van der Waals surface area contributed by atoms with Gasteiger partial charge in [-0.2, -0.15) is 0 Å². The van der Waals surface area contributed by atoms with Crippen LogP contribution in [0, 0.1) is 17.7 Å². The first-order chi connectivity index (χ1) is 13.5. The average Bonchev–Trinajstić information content (AvgIpc) is 2.67. The van der Waals surface area contributed by atoms with Crippen molar-refractivity contribution in [2.45, 2.75) is 61.6 Å². The molecule has 1 heterocycles. The molecule has 2 atom stereocenters. The van der Waals surface area contributed by atoms with Crippen molar-refractivity contribution in [3.05, 3.63) is 35.1 Å². The summed E-state index contributed by atoms with van der Waals surface area (Å²) in [6.07, 6.45) is 7.72. The summed E-state index contributed by atoms with van der Waals surface area (Å²) in [7, 11) is -1.30. The topological polar surface area (TPSA) is 77.8 Å². The van der Waals surface area contributed by atoms with Gasteiger partial charge in [0.15, 0.2) is 0 Å². The number of halogens is 2. The van der Waals surface area contributed by atoms with Gasteiger partial charge in [0, 0.05) is 0 Å². The Morgan fingerprint density at radius 3 is 2.64 bits per heavy atom. The monoisotopic (exact) mass is 504 g/mol. The van der Waals surface area contributed by atoms with Gasteiger partial charge in [-0.3, -0.25) is 0 Å². The van der Waals surface area contributed by atoms with Crippen LogP contribution >= 0.6 is 19.8 Å². The summed E-state index contributed by atoms with van der Waals surface area (Å²) < 4.78 is 16.7. The molecule has 1 aromatic rings. The van der Waals surface area contributed by atoms with Gasteiger partial charge in [-0.25, -0.2) is 0 Å². The van der Waals surface area contributed by atoms with Gasteiger partial charge < -0.3 is 0 Å². The van der Waals surface area contributed by atoms with Crippen molar-refractivity contribution in [2.75, 3.05) is 8.86 Å². The number of unbranched alkanes of at least 4 members (excludes halogenated alkanes) is 1. The fraction of sp³-hybridized carbons (Fsp3) is 0.667. The molecular weight excluding hydrogens is 473 g/mol. The van der Waals surface area contributed by atoms with Crippen molar-refractivity contribution in [2.24, 2.45) is 11.8 Å². The van der Waals surface area contributed by atoms with Crippen molar-refractivity contribution < 1.29 is 24.3 Å². The molecule has 3 N–H and O–H groups in total. The Bertz CT molecular complexity index is 664. The van der Waals surface area contributed by atoms with Gasteiger partial charge in [-0.15, -0.1) is 0 Å². The minimum atomic E-state index is -1.30. The number of carboxylic acid groups (broad SMARTS) is 1. The molecule has 1 aliphatic carbocycles. The summed E-state index contributed by atoms with van der Waals surface area (Å²) in [4.78, 5) is 11.8. The molecule has 156 valence electrons. The van der Waals surface area contributed by atoms with E-state index in [1.165, 1.54) is 32.8 Å². The number of alkyl halides is 3. The number of hydrogen-bond donors (Lipinski definition) is 3. The van der Waals surface area contributed by atoms with Gasteiger partial charge >= 0.3 is 175 Å². The van der Waals surface area contributed by atoms with Crippen LogP contribution in [0.25, 0.3) is 0 Å². The standard InChI is InChI=1S/C21H31BFIO4/c23-17-8-7-15-4-3-6-20(19(15)14-17)24-12-9-16(10-13-24)18(21(25)26)5-1-2-11-22(27)28/h7-8,14,16,18,20,27-28H,1-6,9-13H2,(H,25,26). The van der Waals surface area contributed by atoms with E-state index < -0.39 is 32.9 Å². The summed E-state index contributed by atoms with van der Waals surface area (Å²) in [5, 5.41) is 27.6. The van der Waals surface area contributed by atoms with Crippen LogP contribution in [0.1, 0.15) is 60.0 Å². The molecule has 0 radical (unpaired) electrons. The third-order valence-corrected chi connectivity index (χ3v) is 13.7. The Labute approximate surface area is 174 Å². The third-order valence-electron chi connectivity index (χ3n) is 6.28. The normalized spacial score (nSPS) is 22.5. The molecule has 0 spiro atoms. The van der Waals surface area contributed by atoms with E-state index in [1.807, 2.05) is 6.07 Å². The summed E-state index contributed by atoms with van der Waals surface area (Å²) >= 11 is -1.25. The fourth-order valence-corrected chi connectivity index (χ4v) is 12.8. The summed E-state index contributed by atoms with van der Waals surface area (Å²) in [5.74, 6) is -0.914. The van der Waals surface area contributed by atoms with Crippen LogP contribution in [0.15, 0.2) is 18.2 Å². The molecule has 0 saturated carbocycles.